The maximum absolute atomic E-state index is 12.3. The molecule has 5 nitrogen and oxygen atoms in total. The minimum atomic E-state index is 0.0182. The Morgan fingerprint density at radius 1 is 1.08 bits per heavy atom. The number of rotatable bonds is 4. The number of aryl methyl sites for hydroxylation is 1. The van der Waals surface area contributed by atoms with Crippen molar-refractivity contribution in [2.45, 2.75) is 63.5 Å². The summed E-state index contributed by atoms with van der Waals surface area (Å²) in [5, 5.41) is 3.93. The third kappa shape index (κ3) is 3.51. The van der Waals surface area contributed by atoms with Gasteiger partial charge in [-0.1, -0.05) is 12.8 Å². The molecule has 1 aromatic heterocycles. The van der Waals surface area contributed by atoms with Gasteiger partial charge in [-0.05, 0) is 50.4 Å². The van der Waals surface area contributed by atoms with Gasteiger partial charge in [-0.3, -0.25) is 4.79 Å². The minimum absolute atomic E-state index is 0.0182. The molecular weight excluding hydrogens is 300 g/mol. The number of piperidine rings is 1. The van der Waals surface area contributed by atoms with E-state index in [0.717, 1.165) is 31.3 Å². The summed E-state index contributed by atoms with van der Waals surface area (Å²) >= 11 is 0. The van der Waals surface area contributed by atoms with E-state index in [1.165, 1.54) is 44.9 Å². The summed E-state index contributed by atoms with van der Waals surface area (Å²) < 4.78 is 1.63. The van der Waals surface area contributed by atoms with Crippen molar-refractivity contribution < 1.29 is 0 Å². The van der Waals surface area contributed by atoms with Gasteiger partial charge in [-0.2, -0.15) is 0 Å². The molecule has 0 amide bonds. The van der Waals surface area contributed by atoms with E-state index in [-0.39, 0.29) is 5.56 Å². The van der Waals surface area contributed by atoms with Gasteiger partial charge >= 0.3 is 0 Å². The number of hydrogen-bond donors (Lipinski definition) is 1. The number of aromatic nitrogens is 2. The molecule has 3 aliphatic rings. The molecule has 2 heterocycles. The highest BCUT2D eigenvalue weighted by Gasteiger charge is 2.35. The molecular formula is C19H30N4O. The van der Waals surface area contributed by atoms with E-state index in [9.17, 15) is 4.79 Å². The molecule has 3 atom stereocenters. The second-order valence-electron chi connectivity index (χ2n) is 8.08. The molecule has 5 heteroatoms. The summed E-state index contributed by atoms with van der Waals surface area (Å²) in [6, 6.07) is 1.18. The standard InChI is InChI=1S/C19H30N4O/c1-22-11-9-20-18(19(22)24)23-10-3-6-17(13-23)21-16-5-2-4-15(12-16)14-7-8-14/h9,11,14-17,21H,2-8,10,12-13H2,1H3/t15-,16+,17-/m0/s1. The Balaban J connectivity index is 1.38. The zero-order valence-electron chi connectivity index (χ0n) is 14.8. The van der Waals surface area contributed by atoms with E-state index in [0.29, 0.717) is 17.9 Å². The highest BCUT2D eigenvalue weighted by Crippen LogP contribution is 2.44. The maximum Gasteiger partial charge on any atom is 0.293 e. The van der Waals surface area contributed by atoms with Crippen LogP contribution in [0, 0.1) is 11.8 Å². The highest BCUT2D eigenvalue weighted by atomic mass is 16.1. The summed E-state index contributed by atoms with van der Waals surface area (Å²) in [4.78, 5) is 18.9. The van der Waals surface area contributed by atoms with Crippen molar-refractivity contribution in [2.24, 2.45) is 18.9 Å². The maximum atomic E-state index is 12.3. The van der Waals surface area contributed by atoms with Gasteiger partial charge in [-0.25, -0.2) is 4.98 Å². The van der Waals surface area contributed by atoms with E-state index >= 15 is 0 Å². The zero-order valence-corrected chi connectivity index (χ0v) is 14.8. The highest BCUT2D eigenvalue weighted by molar-refractivity contribution is 5.36. The van der Waals surface area contributed by atoms with E-state index in [4.69, 9.17) is 0 Å². The average molecular weight is 330 g/mol. The number of hydrogen-bond acceptors (Lipinski definition) is 4. The van der Waals surface area contributed by atoms with Crippen molar-refractivity contribution in [3.05, 3.63) is 22.7 Å². The lowest BCUT2D eigenvalue weighted by molar-refractivity contribution is 0.238. The van der Waals surface area contributed by atoms with E-state index in [1.54, 1.807) is 24.0 Å². The van der Waals surface area contributed by atoms with Gasteiger partial charge < -0.3 is 14.8 Å². The Morgan fingerprint density at radius 2 is 1.92 bits per heavy atom. The molecule has 1 aromatic rings. The molecule has 0 aromatic carbocycles. The first-order valence-corrected chi connectivity index (χ1v) is 9.73. The van der Waals surface area contributed by atoms with Crippen LogP contribution in [0.3, 0.4) is 0 Å². The van der Waals surface area contributed by atoms with Crippen LogP contribution >= 0.6 is 0 Å². The van der Waals surface area contributed by atoms with E-state index in [1.807, 2.05) is 0 Å². The molecule has 0 bridgehead atoms. The van der Waals surface area contributed by atoms with Crippen molar-refractivity contribution in [1.82, 2.24) is 14.9 Å². The molecule has 1 saturated heterocycles. The van der Waals surface area contributed by atoms with Crippen LogP contribution in [0.1, 0.15) is 51.4 Å². The molecule has 132 valence electrons. The lowest BCUT2D eigenvalue weighted by atomic mass is 9.82. The number of anilines is 1. The van der Waals surface area contributed by atoms with Crippen LogP contribution in [0.25, 0.3) is 0 Å². The van der Waals surface area contributed by atoms with Crippen molar-refractivity contribution in [3.8, 4) is 0 Å². The molecule has 0 spiro atoms. The SMILES string of the molecule is Cn1ccnc(N2CCC[C@H](N[C@@H]3CCC[C@H](C4CC4)C3)C2)c1=O. The molecule has 0 radical (unpaired) electrons. The second-order valence-corrected chi connectivity index (χ2v) is 8.08. The summed E-state index contributed by atoms with van der Waals surface area (Å²) in [7, 11) is 1.80. The van der Waals surface area contributed by atoms with Gasteiger partial charge in [-0.15, -0.1) is 0 Å². The summed E-state index contributed by atoms with van der Waals surface area (Å²) in [6.45, 7) is 1.86. The largest absolute Gasteiger partial charge is 0.350 e. The Hall–Kier alpha value is -1.36. The Labute approximate surface area is 144 Å². The summed E-state index contributed by atoms with van der Waals surface area (Å²) in [5.74, 6) is 2.62. The van der Waals surface area contributed by atoms with Crippen molar-refractivity contribution in [3.63, 3.8) is 0 Å². The van der Waals surface area contributed by atoms with Crippen LogP contribution in [0.2, 0.25) is 0 Å². The first kappa shape index (κ1) is 16.1. The van der Waals surface area contributed by atoms with Crippen molar-refractivity contribution in [2.75, 3.05) is 18.0 Å². The summed E-state index contributed by atoms with van der Waals surface area (Å²) in [5.41, 5.74) is 0.0182. The zero-order chi connectivity index (χ0) is 16.5. The molecule has 0 unspecified atom stereocenters. The number of nitrogens with one attached hydrogen (secondary N) is 1. The van der Waals surface area contributed by atoms with Gasteiger partial charge in [0.2, 0.25) is 0 Å². The third-order valence-corrected chi connectivity index (χ3v) is 6.19. The lowest BCUT2D eigenvalue weighted by Crippen LogP contribution is -2.51. The van der Waals surface area contributed by atoms with Crippen LogP contribution in [-0.4, -0.2) is 34.7 Å². The Kier molecular flexibility index (Phi) is 4.61. The monoisotopic (exact) mass is 330 g/mol. The third-order valence-electron chi connectivity index (χ3n) is 6.19. The first-order chi connectivity index (χ1) is 11.7. The lowest BCUT2D eigenvalue weighted by Gasteiger charge is -2.38. The van der Waals surface area contributed by atoms with Crippen LogP contribution in [0.15, 0.2) is 17.2 Å². The Morgan fingerprint density at radius 3 is 2.75 bits per heavy atom. The Bertz CT molecular complexity index is 624. The molecule has 1 N–H and O–H groups in total. The fourth-order valence-corrected chi connectivity index (χ4v) is 4.72. The van der Waals surface area contributed by atoms with Crippen LogP contribution in [0.5, 0.6) is 0 Å². The average Bonchev–Trinajstić information content (AvgIpc) is 3.43. The first-order valence-electron chi connectivity index (χ1n) is 9.73. The van der Waals surface area contributed by atoms with Gasteiger partial charge in [0.15, 0.2) is 5.82 Å². The van der Waals surface area contributed by atoms with Crippen molar-refractivity contribution in [1.29, 1.82) is 0 Å². The molecule has 1 aliphatic heterocycles. The van der Waals surface area contributed by atoms with Gasteiger partial charge in [0.05, 0.1) is 0 Å². The fraction of sp³-hybridized carbons (Fsp3) is 0.789. The molecule has 4 rings (SSSR count). The summed E-state index contributed by atoms with van der Waals surface area (Å²) in [6.07, 6.45) is 14.3. The quantitative estimate of drug-likeness (QED) is 0.920. The van der Waals surface area contributed by atoms with E-state index in [2.05, 4.69) is 15.2 Å². The van der Waals surface area contributed by atoms with Gasteiger partial charge in [0, 0.05) is 44.6 Å². The van der Waals surface area contributed by atoms with Gasteiger partial charge in [0.25, 0.3) is 5.56 Å². The molecule has 3 fully saturated rings. The molecule has 2 aliphatic carbocycles. The molecule has 24 heavy (non-hydrogen) atoms. The minimum Gasteiger partial charge on any atom is -0.350 e. The second kappa shape index (κ2) is 6.87. The van der Waals surface area contributed by atoms with Crippen LogP contribution < -0.4 is 15.8 Å². The predicted molar refractivity (Wildman–Crippen MR) is 96.3 cm³/mol. The smallest absolute Gasteiger partial charge is 0.293 e. The molecule has 2 saturated carbocycles. The fourth-order valence-electron chi connectivity index (χ4n) is 4.72. The van der Waals surface area contributed by atoms with Crippen molar-refractivity contribution >= 4 is 5.82 Å². The number of nitrogens with zero attached hydrogens (tertiary/aromatic N) is 3. The van der Waals surface area contributed by atoms with Crippen LogP contribution in [0.4, 0.5) is 5.82 Å². The predicted octanol–water partition coefficient (Wildman–Crippen LogP) is 2.31. The van der Waals surface area contributed by atoms with Gasteiger partial charge in [0.1, 0.15) is 0 Å². The topological polar surface area (TPSA) is 50.2 Å². The normalized spacial score (nSPS) is 31.2. The van der Waals surface area contributed by atoms with Crippen LogP contribution in [-0.2, 0) is 7.05 Å². The van der Waals surface area contributed by atoms with E-state index < -0.39 is 0 Å².